The van der Waals surface area contributed by atoms with Crippen LogP contribution in [0.2, 0.25) is 4.34 Å². The average Bonchev–Trinajstić information content (AvgIpc) is 2.59. The van der Waals surface area contributed by atoms with Crippen LogP contribution in [0.4, 0.5) is 0 Å². The van der Waals surface area contributed by atoms with Crippen molar-refractivity contribution in [2.45, 2.75) is 25.9 Å². The van der Waals surface area contributed by atoms with E-state index < -0.39 is 6.04 Å². The van der Waals surface area contributed by atoms with Crippen molar-refractivity contribution in [3.05, 3.63) is 21.3 Å². The smallest absolute Gasteiger partial charge is 0.237 e. The molecule has 1 amide bonds. The Kier molecular flexibility index (Phi) is 6.92. The number of amides is 1. The molecule has 1 atom stereocenters. The lowest BCUT2D eigenvalue weighted by Crippen LogP contribution is -2.39. The SMILES string of the molecule is CC[C@H](N)C(=O)NCc1ccc(Cl)s1.Cl. The molecule has 1 heterocycles. The average molecular weight is 269 g/mol. The molecule has 3 N–H and O–H groups in total. The van der Waals surface area contributed by atoms with Gasteiger partial charge in [-0.15, -0.1) is 23.7 Å². The maximum absolute atomic E-state index is 11.3. The zero-order valence-corrected chi connectivity index (χ0v) is 10.7. The van der Waals surface area contributed by atoms with Gasteiger partial charge in [0.25, 0.3) is 0 Å². The monoisotopic (exact) mass is 268 g/mol. The van der Waals surface area contributed by atoms with Crippen LogP contribution in [0.15, 0.2) is 12.1 Å². The van der Waals surface area contributed by atoms with Gasteiger partial charge in [-0.25, -0.2) is 0 Å². The van der Waals surface area contributed by atoms with Gasteiger partial charge in [-0.3, -0.25) is 4.79 Å². The van der Waals surface area contributed by atoms with Crippen molar-refractivity contribution in [1.29, 1.82) is 0 Å². The minimum atomic E-state index is -0.412. The molecular formula is C9H14Cl2N2OS. The highest BCUT2D eigenvalue weighted by molar-refractivity contribution is 7.16. The molecule has 6 heteroatoms. The topological polar surface area (TPSA) is 55.1 Å². The van der Waals surface area contributed by atoms with E-state index in [1.54, 1.807) is 0 Å². The normalized spacial score (nSPS) is 11.7. The molecule has 0 radical (unpaired) electrons. The Morgan fingerprint density at radius 1 is 1.67 bits per heavy atom. The highest BCUT2D eigenvalue weighted by atomic mass is 35.5. The van der Waals surface area contributed by atoms with Crippen LogP contribution in [0.5, 0.6) is 0 Å². The van der Waals surface area contributed by atoms with Crippen LogP contribution < -0.4 is 11.1 Å². The number of hydrogen-bond acceptors (Lipinski definition) is 3. The van der Waals surface area contributed by atoms with Crippen molar-refractivity contribution in [1.82, 2.24) is 5.32 Å². The van der Waals surface area contributed by atoms with Crippen molar-refractivity contribution >= 4 is 41.3 Å². The van der Waals surface area contributed by atoms with Gasteiger partial charge in [-0.1, -0.05) is 18.5 Å². The first-order valence-electron chi connectivity index (χ1n) is 4.41. The first kappa shape index (κ1) is 14.7. The fourth-order valence-electron chi connectivity index (χ4n) is 0.937. The van der Waals surface area contributed by atoms with Crippen LogP contribution in [0.25, 0.3) is 0 Å². The summed E-state index contributed by atoms with van der Waals surface area (Å²) >= 11 is 7.21. The van der Waals surface area contributed by atoms with Gasteiger partial charge in [0.1, 0.15) is 0 Å². The second-order valence-corrected chi connectivity index (χ2v) is 4.74. The van der Waals surface area contributed by atoms with Gasteiger partial charge >= 0.3 is 0 Å². The van der Waals surface area contributed by atoms with Crippen LogP contribution in [-0.2, 0) is 11.3 Å². The third-order valence-electron chi connectivity index (χ3n) is 1.84. The van der Waals surface area contributed by atoms with Crippen LogP contribution in [0.1, 0.15) is 18.2 Å². The number of rotatable bonds is 4. The Balaban J connectivity index is 0.00000196. The van der Waals surface area contributed by atoms with Crippen molar-refractivity contribution in [2.24, 2.45) is 5.73 Å². The van der Waals surface area contributed by atoms with Crippen molar-refractivity contribution < 1.29 is 4.79 Å². The minimum absolute atomic E-state index is 0. The van der Waals surface area contributed by atoms with Crippen LogP contribution in [-0.4, -0.2) is 11.9 Å². The molecule has 0 bridgehead atoms. The number of carbonyl (C=O) groups is 1. The van der Waals surface area contributed by atoms with E-state index >= 15 is 0 Å². The summed E-state index contributed by atoms with van der Waals surface area (Å²) in [6.45, 7) is 2.39. The molecule has 0 unspecified atom stereocenters. The summed E-state index contributed by atoms with van der Waals surface area (Å²) in [6, 6.07) is 3.29. The largest absolute Gasteiger partial charge is 0.350 e. The number of carbonyl (C=O) groups excluding carboxylic acids is 1. The fourth-order valence-corrected chi connectivity index (χ4v) is 1.96. The molecule has 0 saturated carbocycles. The summed E-state index contributed by atoms with van der Waals surface area (Å²) in [4.78, 5) is 12.3. The Hall–Kier alpha value is -0.290. The first-order chi connectivity index (χ1) is 6.63. The summed E-state index contributed by atoms with van der Waals surface area (Å²) in [5.74, 6) is -0.114. The highest BCUT2D eigenvalue weighted by Gasteiger charge is 2.10. The van der Waals surface area contributed by atoms with Gasteiger partial charge in [-0.05, 0) is 18.6 Å². The second-order valence-electron chi connectivity index (χ2n) is 2.94. The molecule has 1 rings (SSSR count). The van der Waals surface area contributed by atoms with Crippen LogP contribution >= 0.6 is 35.3 Å². The molecule has 1 aromatic heterocycles. The molecule has 1 aromatic rings. The van der Waals surface area contributed by atoms with Crippen molar-refractivity contribution in [2.75, 3.05) is 0 Å². The molecule has 86 valence electrons. The van der Waals surface area contributed by atoms with E-state index in [0.717, 1.165) is 9.21 Å². The zero-order valence-electron chi connectivity index (χ0n) is 8.33. The summed E-state index contributed by atoms with van der Waals surface area (Å²) in [7, 11) is 0. The number of nitrogens with one attached hydrogen (secondary N) is 1. The standard InChI is InChI=1S/C9H13ClN2OS.ClH/c1-2-7(11)9(13)12-5-6-3-4-8(10)14-6;/h3-4,7H,2,5,11H2,1H3,(H,12,13);1H/t7-;/m0./s1. The van der Waals surface area contributed by atoms with Crippen molar-refractivity contribution in [3.63, 3.8) is 0 Å². The molecule has 0 aliphatic carbocycles. The number of hydrogen-bond donors (Lipinski definition) is 2. The van der Waals surface area contributed by atoms with Crippen molar-refractivity contribution in [3.8, 4) is 0 Å². The zero-order chi connectivity index (χ0) is 10.6. The molecule has 0 aromatic carbocycles. The number of nitrogens with two attached hydrogens (primary N) is 1. The number of halogens is 2. The lowest BCUT2D eigenvalue weighted by molar-refractivity contribution is -0.122. The Morgan fingerprint density at radius 3 is 2.80 bits per heavy atom. The highest BCUT2D eigenvalue weighted by Crippen LogP contribution is 2.20. The van der Waals surface area contributed by atoms with E-state index in [9.17, 15) is 4.79 Å². The molecule has 0 fully saturated rings. The molecule has 3 nitrogen and oxygen atoms in total. The number of thiophene rings is 1. The van der Waals surface area contributed by atoms with Gasteiger partial charge in [0, 0.05) is 4.88 Å². The summed E-state index contributed by atoms with van der Waals surface area (Å²) in [6.07, 6.45) is 0.650. The van der Waals surface area contributed by atoms with E-state index in [2.05, 4.69) is 5.32 Å². The summed E-state index contributed by atoms with van der Waals surface area (Å²) in [5, 5.41) is 2.75. The van der Waals surface area contributed by atoms with Gasteiger partial charge in [-0.2, -0.15) is 0 Å². The van der Waals surface area contributed by atoms with E-state index in [0.29, 0.717) is 13.0 Å². The Morgan fingerprint density at radius 2 is 2.33 bits per heavy atom. The predicted molar refractivity (Wildman–Crippen MR) is 66.7 cm³/mol. The van der Waals surface area contributed by atoms with E-state index in [4.69, 9.17) is 17.3 Å². The lowest BCUT2D eigenvalue weighted by Gasteiger charge is -2.08. The van der Waals surface area contributed by atoms with Gasteiger partial charge in [0.05, 0.1) is 16.9 Å². The van der Waals surface area contributed by atoms with Gasteiger partial charge < -0.3 is 11.1 Å². The quantitative estimate of drug-likeness (QED) is 0.880. The fraction of sp³-hybridized carbons (Fsp3) is 0.444. The molecule has 0 aliphatic heterocycles. The first-order valence-corrected chi connectivity index (χ1v) is 5.60. The second kappa shape index (κ2) is 7.06. The van der Waals surface area contributed by atoms with E-state index in [-0.39, 0.29) is 18.3 Å². The Labute approximate surface area is 104 Å². The predicted octanol–water partition coefficient (Wildman–Crippen LogP) is 2.18. The molecule has 0 saturated heterocycles. The third kappa shape index (κ3) is 4.84. The lowest BCUT2D eigenvalue weighted by atomic mass is 10.2. The van der Waals surface area contributed by atoms with Gasteiger partial charge in [0.15, 0.2) is 0 Å². The van der Waals surface area contributed by atoms with E-state index in [1.807, 2.05) is 19.1 Å². The van der Waals surface area contributed by atoms with Crippen LogP contribution in [0.3, 0.4) is 0 Å². The molecular weight excluding hydrogens is 255 g/mol. The third-order valence-corrected chi connectivity index (χ3v) is 3.07. The van der Waals surface area contributed by atoms with E-state index in [1.165, 1.54) is 11.3 Å². The molecule has 15 heavy (non-hydrogen) atoms. The maximum Gasteiger partial charge on any atom is 0.237 e. The van der Waals surface area contributed by atoms with Crippen LogP contribution in [0, 0.1) is 0 Å². The maximum atomic E-state index is 11.3. The molecule has 0 aliphatic rings. The summed E-state index contributed by atoms with van der Waals surface area (Å²) in [5.41, 5.74) is 5.55. The van der Waals surface area contributed by atoms with Gasteiger partial charge in [0.2, 0.25) is 5.91 Å². The summed E-state index contributed by atoms with van der Waals surface area (Å²) < 4.78 is 0.731. The molecule has 0 spiro atoms. The Bertz CT molecular complexity index is 317. The minimum Gasteiger partial charge on any atom is -0.350 e.